The van der Waals surface area contributed by atoms with Crippen molar-refractivity contribution in [3.63, 3.8) is 0 Å². The Morgan fingerprint density at radius 3 is 2.27 bits per heavy atom. The lowest BCUT2D eigenvalue weighted by Gasteiger charge is -2.16. The summed E-state index contributed by atoms with van der Waals surface area (Å²) >= 11 is 0. The van der Waals surface area contributed by atoms with Crippen molar-refractivity contribution in [2.24, 2.45) is 0 Å². The third-order valence-electron chi connectivity index (χ3n) is 2.65. The molecule has 1 atom stereocenters. The van der Waals surface area contributed by atoms with Crippen LogP contribution in [0.3, 0.4) is 0 Å². The molecule has 124 valence electrons. The first kappa shape index (κ1) is 20.1. The van der Waals surface area contributed by atoms with E-state index in [4.69, 9.17) is 14.6 Å². The van der Waals surface area contributed by atoms with Crippen molar-refractivity contribution >= 4 is 12.2 Å². The summed E-state index contributed by atoms with van der Waals surface area (Å²) in [5.41, 5.74) is 1.03. The van der Waals surface area contributed by atoms with E-state index in [1.807, 2.05) is 38.1 Å². The molecule has 3 N–H and O–H groups in total. The summed E-state index contributed by atoms with van der Waals surface area (Å²) < 4.78 is 5.56. The van der Waals surface area contributed by atoms with Gasteiger partial charge in [0.25, 0.3) is 0 Å². The number of nitrogens with one attached hydrogen (secondary N) is 2. The number of aldehydes is 1. The van der Waals surface area contributed by atoms with E-state index in [1.165, 1.54) is 6.92 Å². The average Bonchev–Trinajstić information content (AvgIpc) is 2.47. The van der Waals surface area contributed by atoms with Gasteiger partial charge in [0.2, 0.25) is 5.91 Å². The minimum absolute atomic E-state index is 0.145. The minimum atomic E-state index is -0.357. The molecule has 1 unspecified atom stereocenters. The number of benzene rings is 1. The second-order valence-electron chi connectivity index (χ2n) is 4.79. The van der Waals surface area contributed by atoms with Gasteiger partial charge in [0.1, 0.15) is 18.8 Å². The molecular formula is C16H26N2O4. The summed E-state index contributed by atoms with van der Waals surface area (Å²) in [7, 11) is 1.72. The van der Waals surface area contributed by atoms with Crippen molar-refractivity contribution in [1.82, 2.24) is 10.6 Å². The van der Waals surface area contributed by atoms with Gasteiger partial charge in [-0.15, -0.1) is 0 Å². The zero-order valence-electron chi connectivity index (χ0n) is 13.6. The summed E-state index contributed by atoms with van der Waals surface area (Å²) in [5.74, 6) is 0.604. The van der Waals surface area contributed by atoms with Gasteiger partial charge in [-0.25, -0.2) is 0 Å². The van der Waals surface area contributed by atoms with Gasteiger partial charge in [-0.2, -0.15) is 0 Å². The van der Waals surface area contributed by atoms with Crippen LogP contribution in [0, 0.1) is 0 Å². The molecule has 1 rings (SSSR count). The van der Waals surface area contributed by atoms with E-state index in [0.717, 1.165) is 17.6 Å². The smallest absolute Gasteiger partial charge is 0.239 e. The Morgan fingerprint density at radius 2 is 1.86 bits per heavy atom. The molecule has 0 radical (unpaired) electrons. The van der Waals surface area contributed by atoms with Crippen LogP contribution in [-0.2, 0) is 16.0 Å². The Morgan fingerprint density at radius 1 is 1.32 bits per heavy atom. The summed E-state index contributed by atoms with van der Waals surface area (Å²) in [5, 5.41) is 14.0. The standard InChI is InChI=1S/C14H22N2O3.C2H4O/c1-10(2)19-12-6-4-11(5-7-12)8-13(15-3)14(18)16-9-17;1-2-3/h4-7,10,13,15,17H,8-9H2,1-3H3,(H,16,18);2H,1H3. The van der Waals surface area contributed by atoms with E-state index in [2.05, 4.69) is 10.6 Å². The topological polar surface area (TPSA) is 87.7 Å². The molecule has 0 aliphatic rings. The first-order chi connectivity index (χ1) is 10.5. The largest absolute Gasteiger partial charge is 0.491 e. The molecule has 1 aromatic carbocycles. The first-order valence-electron chi connectivity index (χ1n) is 7.19. The van der Waals surface area contributed by atoms with Gasteiger partial charge < -0.3 is 25.3 Å². The van der Waals surface area contributed by atoms with Crippen molar-refractivity contribution in [2.45, 2.75) is 39.3 Å². The highest BCUT2D eigenvalue weighted by Gasteiger charge is 2.16. The van der Waals surface area contributed by atoms with Crippen LogP contribution in [0.5, 0.6) is 5.75 Å². The molecular weight excluding hydrogens is 284 g/mol. The normalized spacial score (nSPS) is 11.2. The second-order valence-corrected chi connectivity index (χ2v) is 4.79. The molecule has 1 amide bonds. The van der Waals surface area contributed by atoms with Crippen LogP contribution >= 0.6 is 0 Å². The predicted octanol–water partition coefficient (Wildman–Crippen LogP) is 0.875. The van der Waals surface area contributed by atoms with Crippen LogP contribution in [0.25, 0.3) is 0 Å². The first-order valence-corrected chi connectivity index (χ1v) is 7.19. The molecule has 0 saturated carbocycles. The molecule has 0 saturated heterocycles. The predicted molar refractivity (Wildman–Crippen MR) is 85.7 cm³/mol. The van der Waals surface area contributed by atoms with Gasteiger partial charge in [0.15, 0.2) is 0 Å². The molecule has 6 nitrogen and oxygen atoms in total. The third-order valence-corrected chi connectivity index (χ3v) is 2.65. The number of aliphatic hydroxyl groups excluding tert-OH is 1. The number of carbonyl (C=O) groups excluding carboxylic acids is 2. The van der Waals surface area contributed by atoms with Crippen LogP contribution in [0.4, 0.5) is 0 Å². The van der Waals surface area contributed by atoms with Gasteiger partial charge >= 0.3 is 0 Å². The van der Waals surface area contributed by atoms with Gasteiger partial charge in [-0.05, 0) is 51.9 Å². The van der Waals surface area contributed by atoms with Crippen molar-refractivity contribution in [3.05, 3.63) is 29.8 Å². The SMILES string of the molecule is CC=O.CNC(Cc1ccc(OC(C)C)cc1)C(=O)NCO. The highest BCUT2D eigenvalue weighted by Crippen LogP contribution is 2.14. The Labute approximate surface area is 131 Å². The molecule has 0 aliphatic heterocycles. The maximum atomic E-state index is 11.6. The summed E-state index contributed by atoms with van der Waals surface area (Å²) in [6.07, 6.45) is 1.45. The van der Waals surface area contributed by atoms with Gasteiger partial charge in [-0.1, -0.05) is 12.1 Å². The maximum Gasteiger partial charge on any atom is 0.239 e. The van der Waals surface area contributed by atoms with Gasteiger partial charge in [-0.3, -0.25) is 4.79 Å². The highest BCUT2D eigenvalue weighted by atomic mass is 16.5. The van der Waals surface area contributed by atoms with Crippen molar-refractivity contribution in [3.8, 4) is 5.75 Å². The van der Waals surface area contributed by atoms with E-state index >= 15 is 0 Å². The van der Waals surface area contributed by atoms with Gasteiger partial charge in [0, 0.05) is 0 Å². The van der Waals surface area contributed by atoms with Crippen LogP contribution in [0.15, 0.2) is 24.3 Å². The Bertz CT molecular complexity index is 432. The van der Waals surface area contributed by atoms with Crippen molar-refractivity contribution in [2.75, 3.05) is 13.8 Å². The van der Waals surface area contributed by atoms with Crippen molar-refractivity contribution in [1.29, 1.82) is 0 Å². The number of carbonyl (C=O) groups is 2. The third kappa shape index (κ3) is 8.39. The lowest BCUT2D eigenvalue weighted by molar-refractivity contribution is -0.124. The molecule has 22 heavy (non-hydrogen) atoms. The molecule has 0 aromatic heterocycles. The molecule has 0 heterocycles. The number of rotatable bonds is 7. The van der Waals surface area contributed by atoms with Crippen LogP contribution < -0.4 is 15.4 Å². The second kappa shape index (κ2) is 11.7. The van der Waals surface area contributed by atoms with E-state index in [1.54, 1.807) is 7.05 Å². The fraction of sp³-hybridized carbons (Fsp3) is 0.500. The van der Waals surface area contributed by atoms with E-state index in [0.29, 0.717) is 6.42 Å². The molecule has 0 bridgehead atoms. The highest BCUT2D eigenvalue weighted by molar-refractivity contribution is 5.81. The summed E-state index contributed by atoms with van der Waals surface area (Å²) in [4.78, 5) is 20.4. The minimum Gasteiger partial charge on any atom is -0.491 e. The number of hydrogen-bond acceptors (Lipinski definition) is 5. The zero-order chi connectivity index (χ0) is 17.0. The number of amides is 1. The number of aliphatic hydroxyl groups is 1. The molecule has 6 heteroatoms. The zero-order valence-corrected chi connectivity index (χ0v) is 13.6. The number of ether oxygens (including phenoxy) is 1. The Kier molecular flexibility index (Phi) is 10.7. The number of hydrogen-bond donors (Lipinski definition) is 3. The van der Waals surface area contributed by atoms with E-state index in [-0.39, 0.29) is 24.8 Å². The van der Waals surface area contributed by atoms with Crippen LogP contribution in [0.2, 0.25) is 0 Å². The van der Waals surface area contributed by atoms with Crippen LogP contribution in [-0.4, -0.2) is 43.2 Å². The lowest BCUT2D eigenvalue weighted by Crippen LogP contribution is -2.44. The molecule has 0 fully saturated rings. The van der Waals surface area contributed by atoms with Gasteiger partial charge in [0.05, 0.1) is 12.1 Å². The van der Waals surface area contributed by atoms with E-state index in [9.17, 15) is 4.79 Å². The molecule has 1 aromatic rings. The van der Waals surface area contributed by atoms with Crippen molar-refractivity contribution < 1.29 is 19.4 Å². The average molecular weight is 310 g/mol. The fourth-order valence-electron chi connectivity index (χ4n) is 1.74. The quantitative estimate of drug-likeness (QED) is 0.514. The maximum absolute atomic E-state index is 11.6. The Balaban J connectivity index is 0.00000135. The molecule has 0 aliphatic carbocycles. The number of likely N-dealkylation sites (N-methyl/N-ethyl adjacent to an activating group) is 1. The fourth-order valence-corrected chi connectivity index (χ4v) is 1.74. The monoisotopic (exact) mass is 310 g/mol. The Hall–Kier alpha value is -1.92. The van der Waals surface area contributed by atoms with Crippen LogP contribution in [0.1, 0.15) is 26.3 Å². The van der Waals surface area contributed by atoms with E-state index < -0.39 is 0 Å². The lowest BCUT2D eigenvalue weighted by atomic mass is 10.1. The molecule has 0 spiro atoms. The summed E-state index contributed by atoms with van der Waals surface area (Å²) in [6.45, 7) is 5.05. The summed E-state index contributed by atoms with van der Waals surface area (Å²) in [6, 6.07) is 7.31.